The van der Waals surface area contributed by atoms with Crippen LogP contribution in [-0.2, 0) is 12.4 Å². The van der Waals surface area contributed by atoms with Crippen LogP contribution in [0.25, 0.3) is 10.4 Å². The van der Waals surface area contributed by atoms with Gasteiger partial charge in [0, 0.05) is 16.2 Å². The molecular formula is C10H5F6N3O. The van der Waals surface area contributed by atoms with Crippen molar-refractivity contribution in [3.05, 3.63) is 39.3 Å². The summed E-state index contributed by atoms with van der Waals surface area (Å²) in [4.78, 5) is 13.3. The summed E-state index contributed by atoms with van der Waals surface area (Å²) in [5, 5.41) is 2.74. The molecule has 0 fully saturated rings. The number of rotatable bonds is 2. The van der Waals surface area contributed by atoms with Crippen molar-refractivity contribution in [1.82, 2.24) is 0 Å². The number of hydrogen-bond donors (Lipinski definition) is 0. The minimum atomic E-state index is -5.19. The predicted octanol–water partition coefficient (Wildman–Crippen LogP) is 4.87. The lowest BCUT2D eigenvalue weighted by atomic mass is 9.98. The topological polar surface area (TPSA) is 65.8 Å². The Labute approximate surface area is 107 Å². The minimum Gasteiger partial charge on any atom is -0.294 e. The first-order valence-corrected chi connectivity index (χ1v) is 4.87. The van der Waals surface area contributed by atoms with Crippen molar-refractivity contribution in [2.75, 3.05) is 0 Å². The van der Waals surface area contributed by atoms with Gasteiger partial charge in [0.15, 0.2) is 5.78 Å². The third kappa shape index (κ3) is 3.21. The Morgan fingerprint density at radius 3 is 2.05 bits per heavy atom. The molecule has 0 saturated carbocycles. The largest absolute Gasteiger partial charge is 0.417 e. The van der Waals surface area contributed by atoms with Crippen molar-refractivity contribution < 1.29 is 31.1 Å². The number of Topliss-reactive ketones (excluding diaryl/α,β-unsaturated/α-hetero) is 1. The fourth-order valence-electron chi connectivity index (χ4n) is 1.51. The molecule has 0 bridgehead atoms. The summed E-state index contributed by atoms with van der Waals surface area (Å²) >= 11 is 0. The van der Waals surface area contributed by atoms with Gasteiger partial charge in [-0.25, -0.2) is 0 Å². The summed E-state index contributed by atoms with van der Waals surface area (Å²) in [6.45, 7) is 0.730. The van der Waals surface area contributed by atoms with Crippen LogP contribution in [-0.4, -0.2) is 5.78 Å². The van der Waals surface area contributed by atoms with Crippen LogP contribution in [0.4, 0.5) is 32.0 Å². The lowest BCUT2D eigenvalue weighted by molar-refractivity contribution is -0.143. The first-order chi connectivity index (χ1) is 8.98. The van der Waals surface area contributed by atoms with Gasteiger partial charge in [0.25, 0.3) is 0 Å². The Morgan fingerprint density at radius 2 is 1.70 bits per heavy atom. The van der Waals surface area contributed by atoms with Crippen LogP contribution in [0.5, 0.6) is 0 Å². The van der Waals surface area contributed by atoms with Crippen molar-refractivity contribution in [2.45, 2.75) is 19.3 Å². The molecule has 10 heteroatoms. The van der Waals surface area contributed by atoms with Gasteiger partial charge >= 0.3 is 12.4 Å². The van der Waals surface area contributed by atoms with E-state index in [9.17, 15) is 31.1 Å². The molecule has 0 saturated heterocycles. The van der Waals surface area contributed by atoms with Crippen molar-refractivity contribution in [3.8, 4) is 0 Å². The zero-order valence-electron chi connectivity index (χ0n) is 9.67. The predicted molar refractivity (Wildman–Crippen MR) is 55.3 cm³/mol. The minimum absolute atomic E-state index is 0.187. The van der Waals surface area contributed by atoms with Gasteiger partial charge < -0.3 is 0 Å². The number of halogens is 6. The van der Waals surface area contributed by atoms with Gasteiger partial charge in [0.05, 0.1) is 11.1 Å². The molecule has 0 N–H and O–H groups in total. The third-order valence-electron chi connectivity index (χ3n) is 2.25. The molecular weight excluding hydrogens is 292 g/mol. The average molecular weight is 297 g/mol. The molecule has 0 aliphatic carbocycles. The molecule has 108 valence electrons. The molecule has 0 amide bonds. The molecule has 1 aromatic rings. The van der Waals surface area contributed by atoms with Gasteiger partial charge in [-0.05, 0) is 24.6 Å². The van der Waals surface area contributed by atoms with Crippen LogP contribution in [0.1, 0.15) is 28.4 Å². The van der Waals surface area contributed by atoms with Crippen molar-refractivity contribution in [2.24, 2.45) is 5.11 Å². The summed E-state index contributed by atoms with van der Waals surface area (Å²) < 4.78 is 75.8. The van der Waals surface area contributed by atoms with E-state index in [1.807, 2.05) is 0 Å². The number of azide groups is 1. The maximum absolute atomic E-state index is 12.7. The van der Waals surface area contributed by atoms with Crippen LogP contribution >= 0.6 is 0 Å². The van der Waals surface area contributed by atoms with Crippen molar-refractivity contribution in [1.29, 1.82) is 0 Å². The smallest absolute Gasteiger partial charge is 0.294 e. The van der Waals surface area contributed by atoms with Crippen LogP contribution in [0.2, 0.25) is 0 Å². The SMILES string of the molecule is CC(=O)c1c(N=[N+]=[N-])cc(C(F)(F)F)cc1C(F)(F)F. The molecule has 0 aliphatic rings. The van der Waals surface area contributed by atoms with Crippen LogP contribution < -0.4 is 0 Å². The number of ketones is 1. The van der Waals surface area contributed by atoms with E-state index < -0.39 is 40.5 Å². The normalized spacial score (nSPS) is 11.9. The lowest BCUT2D eigenvalue weighted by Crippen LogP contribution is -2.15. The standard InChI is InChI=1S/C10H5F6N3O/c1-4(20)8-6(10(14,15)16)2-5(9(11,12)13)3-7(8)18-19-17/h2-3H,1H3. The summed E-state index contributed by atoms with van der Waals surface area (Å²) in [6.07, 6.45) is -10.3. The van der Waals surface area contributed by atoms with E-state index in [1.54, 1.807) is 0 Å². The van der Waals surface area contributed by atoms with Gasteiger partial charge in [0.2, 0.25) is 0 Å². The van der Waals surface area contributed by atoms with Crippen LogP contribution in [0.3, 0.4) is 0 Å². The maximum atomic E-state index is 12.7. The van der Waals surface area contributed by atoms with E-state index in [1.165, 1.54) is 0 Å². The van der Waals surface area contributed by atoms with Crippen LogP contribution in [0.15, 0.2) is 17.2 Å². The highest BCUT2D eigenvalue weighted by Gasteiger charge is 2.40. The fraction of sp³-hybridized carbons (Fsp3) is 0.300. The van der Waals surface area contributed by atoms with E-state index in [0.29, 0.717) is 0 Å². The number of alkyl halides is 6. The Balaban J connectivity index is 3.83. The molecule has 1 rings (SSSR count). The first kappa shape index (κ1) is 15.8. The highest BCUT2D eigenvalue weighted by Crippen LogP contribution is 2.41. The Hall–Kier alpha value is -2.22. The molecule has 0 aliphatic heterocycles. The molecule has 4 nitrogen and oxygen atoms in total. The second-order valence-corrected chi connectivity index (χ2v) is 3.66. The summed E-state index contributed by atoms with van der Waals surface area (Å²) in [5.74, 6) is -1.16. The molecule has 1 aromatic carbocycles. The number of benzene rings is 1. The van der Waals surface area contributed by atoms with Crippen LogP contribution in [0, 0.1) is 0 Å². The summed E-state index contributed by atoms with van der Waals surface area (Å²) in [5.41, 5.74) is 2.65. The van der Waals surface area contributed by atoms with Gasteiger partial charge in [0.1, 0.15) is 0 Å². The molecule has 0 unspecified atom stereocenters. The zero-order valence-corrected chi connectivity index (χ0v) is 9.67. The Bertz CT molecular complexity index is 598. The van der Waals surface area contributed by atoms with Gasteiger partial charge in [-0.15, -0.1) is 0 Å². The average Bonchev–Trinajstić information content (AvgIpc) is 2.25. The summed E-state index contributed by atoms with van der Waals surface area (Å²) in [7, 11) is 0. The lowest BCUT2D eigenvalue weighted by Gasteiger charge is -2.16. The molecule has 0 aromatic heterocycles. The second kappa shape index (κ2) is 5.04. The maximum Gasteiger partial charge on any atom is 0.417 e. The highest BCUT2D eigenvalue weighted by molar-refractivity contribution is 6.00. The third-order valence-corrected chi connectivity index (χ3v) is 2.25. The molecule has 0 spiro atoms. The van der Waals surface area contributed by atoms with Gasteiger partial charge in [-0.2, -0.15) is 26.3 Å². The van der Waals surface area contributed by atoms with E-state index in [-0.39, 0.29) is 12.1 Å². The fourth-order valence-corrected chi connectivity index (χ4v) is 1.51. The van der Waals surface area contributed by atoms with Crippen molar-refractivity contribution in [3.63, 3.8) is 0 Å². The number of nitrogens with zero attached hydrogens (tertiary/aromatic N) is 3. The molecule has 0 radical (unpaired) electrons. The van der Waals surface area contributed by atoms with Gasteiger partial charge in [-0.1, -0.05) is 5.11 Å². The Morgan fingerprint density at radius 1 is 1.15 bits per heavy atom. The number of carbonyl (C=O) groups is 1. The zero-order chi connectivity index (χ0) is 15.7. The number of hydrogen-bond acceptors (Lipinski definition) is 2. The second-order valence-electron chi connectivity index (χ2n) is 3.66. The molecule has 0 heterocycles. The quantitative estimate of drug-likeness (QED) is 0.252. The van der Waals surface area contributed by atoms with E-state index in [0.717, 1.165) is 6.92 Å². The van der Waals surface area contributed by atoms with E-state index >= 15 is 0 Å². The van der Waals surface area contributed by atoms with E-state index in [4.69, 9.17) is 5.53 Å². The van der Waals surface area contributed by atoms with E-state index in [2.05, 4.69) is 10.0 Å². The number of carbonyl (C=O) groups excluding carboxylic acids is 1. The highest BCUT2D eigenvalue weighted by atomic mass is 19.4. The van der Waals surface area contributed by atoms with Gasteiger partial charge in [-0.3, -0.25) is 4.79 Å². The monoisotopic (exact) mass is 297 g/mol. The molecule has 20 heavy (non-hydrogen) atoms. The Kier molecular flexibility index (Phi) is 3.99. The first-order valence-electron chi connectivity index (χ1n) is 4.87. The molecule has 0 atom stereocenters. The van der Waals surface area contributed by atoms with Crippen molar-refractivity contribution >= 4 is 11.5 Å². The summed E-state index contributed by atoms with van der Waals surface area (Å²) in [6, 6.07) is 0.0127.